The van der Waals surface area contributed by atoms with Crippen LogP contribution in [0.25, 0.3) is 5.69 Å². The summed E-state index contributed by atoms with van der Waals surface area (Å²) in [5, 5.41) is 8.99. The summed E-state index contributed by atoms with van der Waals surface area (Å²) in [5.41, 5.74) is 1.68. The van der Waals surface area contributed by atoms with Crippen LogP contribution in [0.4, 0.5) is 4.39 Å². The average molecular weight is 262 g/mol. The topological polar surface area (TPSA) is 43.1 Å². The lowest BCUT2D eigenvalue weighted by Crippen LogP contribution is -2.05. The Morgan fingerprint density at radius 3 is 2.94 bits per heavy atom. The molecule has 0 fully saturated rings. The summed E-state index contributed by atoms with van der Waals surface area (Å²) in [7, 11) is 0. The monoisotopic (exact) mass is 262 g/mol. The number of hydrogen-bond donors (Lipinski definition) is 0. The second-order valence-electron chi connectivity index (χ2n) is 3.99. The summed E-state index contributed by atoms with van der Waals surface area (Å²) in [6, 6.07) is 4.71. The first-order valence-electron chi connectivity index (χ1n) is 5.50. The third kappa shape index (κ3) is 1.64. The van der Waals surface area contributed by atoms with E-state index in [0.717, 1.165) is 27.9 Å². The van der Waals surface area contributed by atoms with Crippen LogP contribution < -0.4 is 0 Å². The molecule has 2 heterocycles. The number of nitrogens with zero attached hydrogens (tertiary/aromatic N) is 4. The molecule has 3 rings (SSSR count). The van der Waals surface area contributed by atoms with Crippen LogP contribution in [0.15, 0.2) is 23.2 Å². The highest BCUT2D eigenvalue weighted by Crippen LogP contribution is 2.26. The number of rotatable bonds is 0. The average Bonchev–Trinajstić information content (AvgIpc) is 2.65. The van der Waals surface area contributed by atoms with Gasteiger partial charge in [0.2, 0.25) is 0 Å². The number of benzene rings is 1. The fourth-order valence-electron chi connectivity index (χ4n) is 2.10. The smallest absolute Gasteiger partial charge is 0.159 e. The first-order valence-corrected chi connectivity index (χ1v) is 6.73. The van der Waals surface area contributed by atoms with Gasteiger partial charge in [0.25, 0.3) is 0 Å². The van der Waals surface area contributed by atoms with Crippen molar-refractivity contribution in [1.29, 1.82) is 0 Å². The molecule has 1 aliphatic heterocycles. The van der Waals surface area contributed by atoms with Gasteiger partial charge < -0.3 is 0 Å². The number of aryl methyl sites for hydroxylation is 1. The highest BCUT2D eigenvalue weighted by atomic mass is 32.2. The molecule has 0 aliphatic carbocycles. The first-order chi connectivity index (χ1) is 8.70. The molecule has 0 bridgehead atoms. The van der Waals surface area contributed by atoms with Gasteiger partial charge in [-0.25, -0.2) is 4.39 Å². The number of hydrogen-bond acceptors (Lipinski definition) is 4. The molecule has 6 heteroatoms. The van der Waals surface area contributed by atoms with E-state index in [-0.39, 0.29) is 5.82 Å². The van der Waals surface area contributed by atoms with E-state index in [2.05, 4.69) is 15.2 Å². The minimum absolute atomic E-state index is 0.260. The molecule has 1 aromatic heterocycles. The summed E-state index contributed by atoms with van der Waals surface area (Å²) >= 11 is 1.51. The Balaban J connectivity index is 2.33. The van der Waals surface area contributed by atoms with Crippen LogP contribution in [-0.2, 0) is 6.54 Å². The lowest BCUT2D eigenvalue weighted by atomic mass is 10.2. The first kappa shape index (κ1) is 11.4. The zero-order valence-corrected chi connectivity index (χ0v) is 10.8. The summed E-state index contributed by atoms with van der Waals surface area (Å²) in [6.07, 6.45) is 1.94. The number of halogens is 1. The molecule has 0 N–H and O–H groups in total. The van der Waals surface area contributed by atoms with E-state index in [1.165, 1.54) is 23.9 Å². The molecular weight excluding hydrogens is 251 g/mol. The van der Waals surface area contributed by atoms with Gasteiger partial charge in [-0.1, -0.05) is 0 Å². The summed E-state index contributed by atoms with van der Waals surface area (Å²) in [5.74, 6) is 1.31. The van der Waals surface area contributed by atoms with E-state index in [1.54, 1.807) is 6.07 Å². The van der Waals surface area contributed by atoms with Crippen LogP contribution in [0.1, 0.15) is 17.2 Å². The normalized spacial score (nSPS) is 13.6. The maximum Gasteiger partial charge on any atom is 0.159 e. The highest BCUT2D eigenvalue weighted by Gasteiger charge is 2.20. The van der Waals surface area contributed by atoms with Crippen molar-refractivity contribution >= 4 is 16.8 Å². The van der Waals surface area contributed by atoms with E-state index < -0.39 is 0 Å². The lowest BCUT2D eigenvalue weighted by molar-refractivity contribution is 0.627. The Kier molecular flexibility index (Phi) is 2.66. The van der Waals surface area contributed by atoms with Crippen molar-refractivity contribution in [2.24, 2.45) is 4.99 Å². The van der Waals surface area contributed by atoms with Gasteiger partial charge in [-0.15, -0.1) is 22.0 Å². The molecule has 0 amide bonds. The minimum atomic E-state index is -0.260. The summed E-state index contributed by atoms with van der Waals surface area (Å²) in [6.45, 7) is 2.35. The Hall–Kier alpha value is -1.69. The van der Waals surface area contributed by atoms with Crippen LogP contribution in [0.3, 0.4) is 0 Å². The van der Waals surface area contributed by atoms with Crippen molar-refractivity contribution in [2.75, 3.05) is 6.26 Å². The van der Waals surface area contributed by atoms with Crippen molar-refractivity contribution in [1.82, 2.24) is 14.8 Å². The van der Waals surface area contributed by atoms with Gasteiger partial charge in [0.15, 0.2) is 5.82 Å². The van der Waals surface area contributed by atoms with Gasteiger partial charge in [-0.3, -0.25) is 9.56 Å². The predicted molar refractivity (Wildman–Crippen MR) is 69.8 cm³/mol. The molecular formula is C12H11FN4S. The highest BCUT2D eigenvalue weighted by molar-refractivity contribution is 8.13. The Morgan fingerprint density at radius 1 is 1.33 bits per heavy atom. The Labute approximate surface area is 108 Å². The molecule has 0 saturated heterocycles. The molecule has 2 aromatic rings. The maximum atomic E-state index is 13.4. The van der Waals surface area contributed by atoms with E-state index in [9.17, 15) is 4.39 Å². The molecule has 0 spiro atoms. The largest absolute Gasteiger partial charge is 0.281 e. The third-order valence-corrected chi connectivity index (χ3v) is 3.61. The molecule has 0 unspecified atom stereocenters. The number of aliphatic imine (C=N–C) groups is 1. The second-order valence-corrected chi connectivity index (χ2v) is 4.78. The van der Waals surface area contributed by atoms with Gasteiger partial charge in [0, 0.05) is 5.56 Å². The molecule has 92 valence electrons. The maximum absolute atomic E-state index is 13.4. The molecule has 0 radical (unpaired) electrons. The Bertz CT molecular complexity index is 648. The van der Waals surface area contributed by atoms with Crippen molar-refractivity contribution in [2.45, 2.75) is 13.5 Å². The van der Waals surface area contributed by atoms with Crippen molar-refractivity contribution in [3.8, 4) is 5.69 Å². The lowest BCUT2D eigenvalue weighted by Gasteiger charge is -2.10. The zero-order valence-electron chi connectivity index (χ0n) is 10.0. The van der Waals surface area contributed by atoms with E-state index in [0.29, 0.717) is 6.54 Å². The van der Waals surface area contributed by atoms with Crippen LogP contribution in [0.2, 0.25) is 0 Å². The van der Waals surface area contributed by atoms with Gasteiger partial charge in [0.1, 0.15) is 23.2 Å². The van der Waals surface area contributed by atoms with Crippen LogP contribution in [-0.4, -0.2) is 26.1 Å². The molecule has 18 heavy (non-hydrogen) atoms. The zero-order chi connectivity index (χ0) is 12.7. The molecule has 0 saturated carbocycles. The fraction of sp³-hybridized carbons (Fsp3) is 0.250. The van der Waals surface area contributed by atoms with Crippen LogP contribution >= 0.6 is 11.8 Å². The number of fused-ring (bicyclic) bond motifs is 3. The molecule has 1 aliphatic rings. The quantitative estimate of drug-likeness (QED) is 0.732. The van der Waals surface area contributed by atoms with Crippen molar-refractivity contribution in [3.05, 3.63) is 41.2 Å². The van der Waals surface area contributed by atoms with E-state index >= 15 is 0 Å². The van der Waals surface area contributed by atoms with Crippen molar-refractivity contribution in [3.63, 3.8) is 0 Å². The molecule has 4 nitrogen and oxygen atoms in total. The fourth-order valence-corrected chi connectivity index (χ4v) is 2.68. The summed E-state index contributed by atoms with van der Waals surface area (Å²) in [4.78, 5) is 4.47. The SMILES string of the molecule is CSC1=NCc2nnc(C)n2-c2ccc(F)cc21. The van der Waals surface area contributed by atoms with E-state index in [1.807, 2.05) is 17.7 Å². The molecule has 1 aromatic carbocycles. The van der Waals surface area contributed by atoms with Crippen molar-refractivity contribution < 1.29 is 4.39 Å². The number of aromatic nitrogens is 3. The van der Waals surface area contributed by atoms with Gasteiger partial charge in [-0.2, -0.15) is 0 Å². The predicted octanol–water partition coefficient (Wildman–Crippen LogP) is 2.34. The van der Waals surface area contributed by atoms with Crippen LogP contribution in [0, 0.1) is 12.7 Å². The molecule has 0 atom stereocenters. The van der Waals surface area contributed by atoms with Gasteiger partial charge in [-0.05, 0) is 31.4 Å². The van der Waals surface area contributed by atoms with E-state index in [4.69, 9.17) is 0 Å². The second kappa shape index (κ2) is 4.20. The van der Waals surface area contributed by atoms with Gasteiger partial charge in [0.05, 0.1) is 5.69 Å². The van der Waals surface area contributed by atoms with Crippen LogP contribution in [0.5, 0.6) is 0 Å². The Morgan fingerprint density at radius 2 is 2.17 bits per heavy atom. The third-order valence-electron chi connectivity index (χ3n) is 2.88. The summed E-state index contributed by atoms with van der Waals surface area (Å²) < 4.78 is 15.4. The standard InChI is InChI=1S/C12H11FN4S/c1-7-15-16-11-6-14-12(18-2)9-5-8(13)3-4-10(9)17(7)11/h3-5H,6H2,1-2H3. The number of thioether (sulfide) groups is 1. The minimum Gasteiger partial charge on any atom is -0.281 e. The van der Waals surface area contributed by atoms with Gasteiger partial charge >= 0.3 is 0 Å².